The highest BCUT2D eigenvalue weighted by Crippen LogP contribution is 2.62. The minimum Gasteiger partial charge on any atom is -0.461 e. The molecule has 0 aliphatic heterocycles. The summed E-state index contributed by atoms with van der Waals surface area (Å²) in [7, 11) is -8.01. The summed E-state index contributed by atoms with van der Waals surface area (Å²) in [6.45, 7) is 11.3. The van der Waals surface area contributed by atoms with Crippen molar-refractivity contribution >= 4 is 37.1 Å². The second-order valence-electron chi connectivity index (χ2n) is 11.6. The molecule has 0 N–H and O–H groups in total. The van der Waals surface area contributed by atoms with Gasteiger partial charge in [-0.15, -0.1) is 0 Å². The van der Waals surface area contributed by atoms with Gasteiger partial charge in [0.15, 0.2) is 22.8 Å². The Labute approximate surface area is 249 Å². The van der Waals surface area contributed by atoms with E-state index in [1.54, 1.807) is 39.3 Å². The van der Waals surface area contributed by atoms with E-state index in [4.69, 9.17) is 13.0 Å². The summed E-state index contributed by atoms with van der Waals surface area (Å²) >= 11 is 0. The van der Waals surface area contributed by atoms with Crippen molar-refractivity contribution in [1.29, 1.82) is 0 Å². The lowest BCUT2D eigenvalue weighted by Gasteiger charge is -2.42. The molecule has 0 aromatic carbocycles. The zero-order chi connectivity index (χ0) is 36.7. The fourth-order valence-corrected chi connectivity index (χ4v) is 15.0. The SMILES string of the molecule is CC(F)C(F)(F)C(F)(F)C(F)(F)C(F)(F)C(F)(F)C(F)(F)C(F)(F)OC(=O)C=CC(=O)OC[Si](C)(O[Si](C)(C)C)O[Si](C)(C)C. The fourth-order valence-electron chi connectivity index (χ4n) is 3.22. The number of hydrogen-bond acceptors (Lipinski definition) is 6. The Bertz CT molecular complexity index is 1090. The molecule has 6 nitrogen and oxygen atoms in total. The number of ether oxygens (including phenoxy) is 2. The second-order valence-corrected chi connectivity index (χ2v) is 24.2. The molecule has 0 fully saturated rings. The fraction of sp³-hybridized carbons (Fsp3) is 0.810. The van der Waals surface area contributed by atoms with Gasteiger partial charge in [0.25, 0.3) is 0 Å². The minimum absolute atomic E-state index is 0.101. The molecule has 266 valence electrons. The number of hydrogen-bond donors (Lipinski definition) is 0. The topological polar surface area (TPSA) is 71.1 Å². The van der Waals surface area contributed by atoms with Crippen LogP contribution in [-0.2, 0) is 27.3 Å². The minimum atomic E-state index is -8.48. The predicted octanol–water partition coefficient (Wildman–Crippen LogP) is 7.71. The molecular formula is C21H29F15O6Si3. The molecule has 0 saturated carbocycles. The number of alkyl halides is 15. The van der Waals surface area contributed by atoms with Gasteiger partial charge in [-0.3, -0.25) is 0 Å². The number of rotatable bonds is 16. The van der Waals surface area contributed by atoms with Crippen LogP contribution in [0.1, 0.15) is 6.92 Å². The number of halogens is 15. The second kappa shape index (κ2) is 13.0. The van der Waals surface area contributed by atoms with E-state index >= 15 is 0 Å². The third-order valence-corrected chi connectivity index (χ3v) is 14.0. The molecule has 1 unspecified atom stereocenters. The third-order valence-electron chi connectivity index (χ3n) is 4.97. The molecule has 1 atom stereocenters. The van der Waals surface area contributed by atoms with E-state index in [0.717, 1.165) is 0 Å². The van der Waals surface area contributed by atoms with E-state index in [0.29, 0.717) is 0 Å². The van der Waals surface area contributed by atoms with E-state index < -0.39 is 104 Å². The van der Waals surface area contributed by atoms with Gasteiger partial charge in [-0.1, -0.05) is 0 Å². The Hall–Kier alpha value is -1.80. The van der Waals surface area contributed by atoms with E-state index in [-0.39, 0.29) is 6.08 Å². The number of carbonyl (C=O) groups is 2. The Kier molecular flexibility index (Phi) is 12.5. The molecule has 0 bridgehead atoms. The van der Waals surface area contributed by atoms with Crippen molar-refractivity contribution < 1.29 is 93.1 Å². The van der Waals surface area contributed by atoms with Gasteiger partial charge >= 0.3 is 62.1 Å². The molecule has 0 saturated heterocycles. The van der Waals surface area contributed by atoms with Crippen LogP contribution in [0.2, 0.25) is 45.8 Å². The molecule has 0 radical (unpaired) electrons. The van der Waals surface area contributed by atoms with Crippen LogP contribution in [-0.4, -0.2) is 91.2 Å². The van der Waals surface area contributed by atoms with Gasteiger partial charge in [-0.2, -0.15) is 61.5 Å². The molecule has 0 aromatic heterocycles. The lowest BCUT2D eigenvalue weighted by Crippen LogP contribution is -2.74. The van der Waals surface area contributed by atoms with E-state index in [2.05, 4.69) is 4.74 Å². The standard InChI is InChI=1S/C21H29F15O6Si3/c1-12(22)15(23,24)16(25,26)17(27,28)18(29,30)19(31,32)20(33,34)21(35,36)40-14(38)10-9-13(37)39-11-45(8,41-43(2,3)4)42-44(5,6)7/h9-10,12H,11H2,1-8H3. The molecule has 0 aliphatic carbocycles. The maximum Gasteiger partial charge on any atom is 0.473 e. The first kappa shape index (κ1) is 43.2. The Morgan fingerprint density at radius 1 is 0.600 bits per heavy atom. The number of esters is 2. The van der Waals surface area contributed by atoms with Crippen molar-refractivity contribution in [1.82, 2.24) is 0 Å². The summed E-state index contributed by atoms with van der Waals surface area (Å²) in [4.78, 5) is 23.5. The summed E-state index contributed by atoms with van der Waals surface area (Å²) < 4.78 is 224. The Balaban J connectivity index is 6.07. The largest absolute Gasteiger partial charge is 0.473 e. The van der Waals surface area contributed by atoms with Crippen LogP contribution in [0.4, 0.5) is 65.9 Å². The number of carbonyl (C=O) groups excluding carboxylic acids is 2. The highest BCUT2D eigenvalue weighted by molar-refractivity contribution is 6.87. The van der Waals surface area contributed by atoms with Gasteiger partial charge < -0.3 is 17.7 Å². The molecule has 0 aliphatic rings. The van der Waals surface area contributed by atoms with Crippen molar-refractivity contribution in [3.8, 4) is 0 Å². The summed E-state index contributed by atoms with van der Waals surface area (Å²) in [5.41, 5.74) is 0. The van der Waals surface area contributed by atoms with Gasteiger partial charge in [-0.05, 0) is 52.8 Å². The first-order chi connectivity index (χ1) is 19.4. The Morgan fingerprint density at radius 3 is 1.29 bits per heavy atom. The van der Waals surface area contributed by atoms with Gasteiger partial charge in [0, 0.05) is 12.2 Å². The van der Waals surface area contributed by atoms with Crippen LogP contribution in [0.15, 0.2) is 12.2 Å². The highest BCUT2D eigenvalue weighted by atomic mass is 28.5. The average molecular weight is 747 g/mol. The monoisotopic (exact) mass is 746 g/mol. The molecule has 0 heterocycles. The molecule has 0 rings (SSSR count). The summed E-state index contributed by atoms with van der Waals surface area (Å²) in [6.07, 6.45) is -12.9. The lowest BCUT2D eigenvalue weighted by molar-refractivity contribution is -0.462. The van der Waals surface area contributed by atoms with Crippen LogP contribution < -0.4 is 0 Å². The Morgan fingerprint density at radius 2 is 0.933 bits per heavy atom. The van der Waals surface area contributed by atoms with E-state index in [1.165, 1.54) is 6.55 Å². The van der Waals surface area contributed by atoms with Crippen LogP contribution in [0.5, 0.6) is 0 Å². The summed E-state index contributed by atoms with van der Waals surface area (Å²) in [5, 5.41) is 0. The van der Waals surface area contributed by atoms with Crippen LogP contribution in [0.3, 0.4) is 0 Å². The first-order valence-corrected chi connectivity index (χ1v) is 21.5. The van der Waals surface area contributed by atoms with E-state index in [1.807, 2.05) is 0 Å². The molecule has 45 heavy (non-hydrogen) atoms. The van der Waals surface area contributed by atoms with Gasteiger partial charge in [0.2, 0.25) is 0 Å². The van der Waals surface area contributed by atoms with Gasteiger partial charge in [0.1, 0.15) is 6.23 Å². The molecule has 0 aromatic rings. The maximum absolute atomic E-state index is 13.9. The lowest BCUT2D eigenvalue weighted by atomic mass is 9.90. The smallest absolute Gasteiger partial charge is 0.461 e. The average Bonchev–Trinajstić information content (AvgIpc) is 2.77. The first-order valence-electron chi connectivity index (χ1n) is 12.1. The zero-order valence-corrected chi connectivity index (χ0v) is 27.6. The molecule has 0 spiro atoms. The third kappa shape index (κ3) is 9.18. The summed E-state index contributed by atoms with van der Waals surface area (Å²) in [5.74, 6) is -52.5. The van der Waals surface area contributed by atoms with Crippen molar-refractivity contribution in [2.45, 2.75) is 101 Å². The molecule has 0 amide bonds. The molecular weight excluding hydrogens is 717 g/mol. The van der Waals surface area contributed by atoms with Crippen molar-refractivity contribution in [3.63, 3.8) is 0 Å². The maximum atomic E-state index is 13.9. The predicted molar refractivity (Wildman–Crippen MR) is 132 cm³/mol. The normalized spacial score (nSPS) is 16.2. The zero-order valence-electron chi connectivity index (χ0n) is 24.6. The van der Waals surface area contributed by atoms with Crippen LogP contribution in [0.25, 0.3) is 0 Å². The highest BCUT2D eigenvalue weighted by Gasteiger charge is 2.94. The van der Waals surface area contributed by atoms with Crippen molar-refractivity contribution in [2.24, 2.45) is 0 Å². The van der Waals surface area contributed by atoms with Crippen LogP contribution in [0, 0.1) is 0 Å². The van der Waals surface area contributed by atoms with Gasteiger partial charge in [0.05, 0.1) is 0 Å². The van der Waals surface area contributed by atoms with Crippen LogP contribution >= 0.6 is 0 Å². The van der Waals surface area contributed by atoms with Crippen molar-refractivity contribution in [2.75, 3.05) is 6.23 Å². The van der Waals surface area contributed by atoms with Gasteiger partial charge in [-0.25, -0.2) is 14.0 Å². The summed E-state index contributed by atoms with van der Waals surface area (Å²) in [6, 6.07) is 0. The quantitative estimate of drug-likeness (QED) is 0.0698. The van der Waals surface area contributed by atoms with E-state index in [9.17, 15) is 75.4 Å². The van der Waals surface area contributed by atoms with Crippen molar-refractivity contribution in [3.05, 3.63) is 12.2 Å². The molecule has 24 heteroatoms.